The van der Waals surface area contributed by atoms with Crippen molar-refractivity contribution in [1.29, 1.82) is 0 Å². The fourth-order valence-corrected chi connectivity index (χ4v) is 1.45. The number of nitrogens with one attached hydrogen (secondary N) is 1. The lowest BCUT2D eigenvalue weighted by atomic mass is 10.3. The van der Waals surface area contributed by atoms with Crippen LogP contribution in [0, 0.1) is 0 Å². The second-order valence-corrected chi connectivity index (χ2v) is 4.16. The van der Waals surface area contributed by atoms with Gasteiger partial charge in [-0.2, -0.15) is 0 Å². The van der Waals surface area contributed by atoms with E-state index in [2.05, 4.69) is 24.3 Å². The van der Waals surface area contributed by atoms with E-state index in [0.29, 0.717) is 6.61 Å². The van der Waals surface area contributed by atoms with Crippen molar-refractivity contribution in [3.05, 3.63) is 23.7 Å². The van der Waals surface area contributed by atoms with E-state index >= 15 is 0 Å². The molecular formula is C12H22N2O2. The Balaban J connectivity index is 2.12. The first-order valence-electron chi connectivity index (χ1n) is 5.65. The molecule has 1 aromatic rings. The van der Waals surface area contributed by atoms with E-state index < -0.39 is 0 Å². The van der Waals surface area contributed by atoms with E-state index in [0.717, 1.165) is 37.4 Å². The first kappa shape index (κ1) is 13.2. The summed E-state index contributed by atoms with van der Waals surface area (Å²) in [7, 11) is 6.05. The average Bonchev–Trinajstić information content (AvgIpc) is 2.65. The van der Waals surface area contributed by atoms with Crippen molar-refractivity contribution in [2.24, 2.45) is 0 Å². The quantitative estimate of drug-likeness (QED) is 0.681. The third kappa shape index (κ3) is 5.30. The van der Waals surface area contributed by atoms with Crippen LogP contribution in [0.5, 0.6) is 0 Å². The molecule has 0 unspecified atom stereocenters. The van der Waals surface area contributed by atoms with E-state index in [9.17, 15) is 0 Å². The molecule has 0 atom stereocenters. The molecule has 0 bridgehead atoms. The third-order valence-electron chi connectivity index (χ3n) is 2.23. The number of ether oxygens (including phenoxy) is 1. The summed E-state index contributed by atoms with van der Waals surface area (Å²) in [6, 6.07) is 2.03. The summed E-state index contributed by atoms with van der Waals surface area (Å²) in [5.74, 6) is 0.898. The van der Waals surface area contributed by atoms with Crippen LogP contribution >= 0.6 is 0 Å². The van der Waals surface area contributed by atoms with E-state index in [1.54, 1.807) is 6.26 Å². The summed E-state index contributed by atoms with van der Waals surface area (Å²) in [6.07, 6.45) is 2.83. The van der Waals surface area contributed by atoms with Gasteiger partial charge in [-0.15, -0.1) is 0 Å². The molecule has 1 aromatic heterocycles. The largest absolute Gasteiger partial charge is 0.467 e. The van der Waals surface area contributed by atoms with Gasteiger partial charge in [0.15, 0.2) is 0 Å². The van der Waals surface area contributed by atoms with Gasteiger partial charge >= 0.3 is 0 Å². The van der Waals surface area contributed by atoms with Crippen LogP contribution < -0.4 is 5.32 Å². The highest BCUT2D eigenvalue weighted by Gasteiger charge is 2.01. The lowest BCUT2D eigenvalue weighted by Gasteiger charge is -2.08. The lowest BCUT2D eigenvalue weighted by Crippen LogP contribution is -2.14. The van der Waals surface area contributed by atoms with Crippen LogP contribution in [0.1, 0.15) is 17.7 Å². The highest BCUT2D eigenvalue weighted by Crippen LogP contribution is 2.08. The summed E-state index contributed by atoms with van der Waals surface area (Å²) in [5, 5.41) is 3.08. The molecule has 4 heteroatoms. The van der Waals surface area contributed by atoms with E-state index in [4.69, 9.17) is 9.15 Å². The molecule has 1 heterocycles. The summed E-state index contributed by atoms with van der Waals surface area (Å²) < 4.78 is 10.9. The van der Waals surface area contributed by atoms with Gasteiger partial charge in [0.1, 0.15) is 12.4 Å². The van der Waals surface area contributed by atoms with Crippen LogP contribution in [-0.2, 0) is 17.9 Å². The highest BCUT2D eigenvalue weighted by molar-refractivity contribution is 5.11. The van der Waals surface area contributed by atoms with E-state index in [1.807, 2.05) is 13.1 Å². The molecule has 0 radical (unpaired) electrons. The van der Waals surface area contributed by atoms with Gasteiger partial charge < -0.3 is 19.4 Å². The SMILES string of the molecule is CNCc1coc(COCCCN(C)C)c1. The predicted octanol–water partition coefficient (Wildman–Crippen LogP) is 1.47. The molecule has 0 aliphatic rings. The number of hydrogen-bond donors (Lipinski definition) is 1. The van der Waals surface area contributed by atoms with E-state index in [-0.39, 0.29) is 0 Å². The Labute approximate surface area is 97.6 Å². The molecule has 0 amide bonds. The van der Waals surface area contributed by atoms with Crippen molar-refractivity contribution in [3.63, 3.8) is 0 Å². The molecular weight excluding hydrogens is 204 g/mol. The zero-order valence-electron chi connectivity index (χ0n) is 10.5. The molecule has 0 aliphatic heterocycles. The molecule has 16 heavy (non-hydrogen) atoms. The maximum atomic E-state index is 5.52. The number of hydrogen-bond acceptors (Lipinski definition) is 4. The molecule has 92 valence electrons. The monoisotopic (exact) mass is 226 g/mol. The van der Waals surface area contributed by atoms with Gasteiger partial charge in [-0.05, 0) is 40.2 Å². The summed E-state index contributed by atoms with van der Waals surface area (Å²) in [5.41, 5.74) is 1.16. The summed E-state index contributed by atoms with van der Waals surface area (Å²) in [4.78, 5) is 2.15. The molecule has 0 aliphatic carbocycles. The van der Waals surface area contributed by atoms with Gasteiger partial charge in [0, 0.05) is 18.7 Å². The van der Waals surface area contributed by atoms with Crippen molar-refractivity contribution in [2.45, 2.75) is 19.6 Å². The fourth-order valence-electron chi connectivity index (χ4n) is 1.45. The summed E-state index contributed by atoms with van der Waals surface area (Å²) >= 11 is 0. The second kappa shape index (κ2) is 7.44. The van der Waals surface area contributed by atoms with Gasteiger partial charge in [0.05, 0.1) is 6.26 Å². The maximum absolute atomic E-state index is 5.52. The van der Waals surface area contributed by atoms with Gasteiger partial charge in [0.2, 0.25) is 0 Å². The Morgan fingerprint density at radius 2 is 2.25 bits per heavy atom. The van der Waals surface area contributed by atoms with Gasteiger partial charge in [-0.25, -0.2) is 0 Å². The minimum atomic E-state index is 0.567. The van der Waals surface area contributed by atoms with Crippen LogP contribution in [0.25, 0.3) is 0 Å². The number of nitrogens with zero attached hydrogens (tertiary/aromatic N) is 1. The van der Waals surface area contributed by atoms with E-state index in [1.165, 1.54) is 0 Å². The lowest BCUT2D eigenvalue weighted by molar-refractivity contribution is 0.0994. The van der Waals surface area contributed by atoms with Gasteiger partial charge in [-0.1, -0.05) is 0 Å². The minimum Gasteiger partial charge on any atom is -0.467 e. The molecule has 0 saturated carbocycles. The smallest absolute Gasteiger partial charge is 0.129 e. The van der Waals surface area contributed by atoms with Crippen LogP contribution in [-0.4, -0.2) is 39.2 Å². The predicted molar refractivity (Wildman–Crippen MR) is 64.3 cm³/mol. The van der Waals surface area contributed by atoms with Crippen LogP contribution in [0.15, 0.2) is 16.7 Å². The third-order valence-corrected chi connectivity index (χ3v) is 2.23. The standard InChI is InChI=1S/C12H22N2O2/c1-13-8-11-7-12(16-9-11)10-15-6-4-5-14(2)3/h7,9,13H,4-6,8,10H2,1-3H3. The van der Waals surface area contributed by atoms with Crippen molar-refractivity contribution in [1.82, 2.24) is 10.2 Å². The van der Waals surface area contributed by atoms with Crippen molar-refractivity contribution in [3.8, 4) is 0 Å². The van der Waals surface area contributed by atoms with Gasteiger partial charge in [0.25, 0.3) is 0 Å². The molecule has 0 spiro atoms. The zero-order chi connectivity index (χ0) is 11.8. The topological polar surface area (TPSA) is 37.6 Å². The Bertz CT molecular complexity index is 284. The van der Waals surface area contributed by atoms with Crippen molar-refractivity contribution < 1.29 is 9.15 Å². The van der Waals surface area contributed by atoms with Crippen LogP contribution in [0.4, 0.5) is 0 Å². The number of rotatable bonds is 8. The van der Waals surface area contributed by atoms with Crippen molar-refractivity contribution in [2.75, 3.05) is 34.3 Å². The first-order valence-corrected chi connectivity index (χ1v) is 5.65. The second-order valence-electron chi connectivity index (χ2n) is 4.16. The minimum absolute atomic E-state index is 0.567. The average molecular weight is 226 g/mol. The number of furan rings is 1. The first-order chi connectivity index (χ1) is 7.72. The summed E-state index contributed by atoms with van der Waals surface area (Å²) in [6.45, 7) is 3.24. The zero-order valence-corrected chi connectivity index (χ0v) is 10.5. The van der Waals surface area contributed by atoms with Crippen LogP contribution in [0.2, 0.25) is 0 Å². The molecule has 0 saturated heterocycles. The Morgan fingerprint density at radius 3 is 2.94 bits per heavy atom. The van der Waals surface area contributed by atoms with Crippen molar-refractivity contribution >= 4 is 0 Å². The molecule has 0 aromatic carbocycles. The van der Waals surface area contributed by atoms with Gasteiger partial charge in [-0.3, -0.25) is 0 Å². The Hall–Kier alpha value is -0.840. The Kier molecular flexibility index (Phi) is 6.15. The Morgan fingerprint density at radius 1 is 1.44 bits per heavy atom. The molecule has 4 nitrogen and oxygen atoms in total. The molecule has 1 rings (SSSR count). The normalized spacial score (nSPS) is 11.2. The molecule has 1 N–H and O–H groups in total. The van der Waals surface area contributed by atoms with Crippen LogP contribution in [0.3, 0.4) is 0 Å². The fraction of sp³-hybridized carbons (Fsp3) is 0.667. The molecule has 0 fully saturated rings. The highest BCUT2D eigenvalue weighted by atomic mass is 16.5. The maximum Gasteiger partial charge on any atom is 0.129 e.